The quantitative estimate of drug-likeness (QED) is 0.814. The molecule has 0 fully saturated rings. The molecule has 0 spiro atoms. The van der Waals surface area contributed by atoms with Crippen molar-refractivity contribution < 1.29 is 18.0 Å². The average Bonchev–Trinajstić information content (AvgIpc) is 2.47. The van der Waals surface area contributed by atoms with Gasteiger partial charge >= 0.3 is 6.18 Å². The predicted octanol–water partition coefficient (Wildman–Crippen LogP) is 2.61. The first-order chi connectivity index (χ1) is 10.7. The summed E-state index contributed by atoms with van der Waals surface area (Å²) in [4.78, 5) is 22.9. The van der Waals surface area contributed by atoms with Crippen LogP contribution < -0.4 is 5.56 Å². The van der Waals surface area contributed by atoms with Gasteiger partial charge in [0.15, 0.2) is 0 Å². The number of alkyl halides is 3. The molecule has 0 radical (unpaired) electrons. The summed E-state index contributed by atoms with van der Waals surface area (Å²) in [6.45, 7) is 3.05. The molecule has 0 amide bonds. The van der Waals surface area contributed by atoms with Crippen molar-refractivity contribution >= 4 is 17.1 Å². The largest absolute Gasteiger partial charge is 0.417 e. The highest BCUT2D eigenvalue weighted by molar-refractivity contribution is 5.91. The highest BCUT2D eigenvalue weighted by atomic mass is 19.4. The second-order valence-corrected chi connectivity index (χ2v) is 5.21. The van der Waals surface area contributed by atoms with Crippen molar-refractivity contribution in [3.8, 4) is 6.07 Å². The first kappa shape index (κ1) is 16.7. The molecular formula is C15H12F3N3O2. The summed E-state index contributed by atoms with van der Waals surface area (Å²) in [6, 6.07) is 3.27. The first-order valence-corrected chi connectivity index (χ1v) is 6.71. The van der Waals surface area contributed by atoms with E-state index in [1.807, 2.05) is 0 Å². The van der Waals surface area contributed by atoms with E-state index in [4.69, 9.17) is 0 Å². The van der Waals surface area contributed by atoms with Gasteiger partial charge < -0.3 is 4.79 Å². The molecule has 5 nitrogen and oxygen atoms in total. The molecule has 8 heteroatoms. The Morgan fingerprint density at radius 2 is 2.04 bits per heavy atom. The van der Waals surface area contributed by atoms with Gasteiger partial charge in [-0.25, -0.2) is 4.68 Å². The molecule has 0 aliphatic carbocycles. The number of nitrogens with zero attached hydrogens (tertiary/aromatic N) is 3. The average molecular weight is 323 g/mol. The zero-order valence-corrected chi connectivity index (χ0v) is 12.3. The van der Waals surface area contributed by atoms with Crippen molar-refractivity contribution in [3.05, 3.63) is 39.3 Å². The Bertz CT molecular complexity index is 877. The van der Waals surface area contributed by atoms with E-state index in [1.54, 1.807) is 19.9 Å². The molecule has 1 aromatic heterocycles. The van der Waals surface area contributed by atoms with Gasteiger partial charge in [-0.2, -0.15) is 23.5 Å². The highest BCUT2D eigenvalue weighted by Gasteiger charge is 2.35. The fourth-order valence-corrected chi connectivity index (χ4v) is 2.36. The van der Waals surface area contributed by atoms with Crippen molar-refractivity contribution in [2.75, 3.05) is 0 Å². The van der Waals surface area contributed by atoms with Crippen LogP contribution in [0.3, 0.4) is 0 Å². The van der Waals surface area contributed by atoms with E-state index < -0.39 is 22.9 Å². The Balaban J connectivity index is 3.05. The minimum atomic E-state index is -4.72. The Kier molecular flexibility index (Phi) is 4.23. The Morgan fingerprint density at radius 3 is 2.52 bits per heavy atom. The number of hydrogen-bond donors (Lipinski definition) is 0. The van der Waals surface area contributed by atoms with Crippen LogP contribution in [-0.2, 0) is 17.5 Å². The maximum absolute atomic E-state index is 13.1. The molecule has 0 bridgehead atoms. The number of benzene rings is 1. The molecule has 0 aliphatic rings. The van der Waals surface area contributed by atoms with Crippen LogP contribution in [0, 0.1) is 11.3 Å². The summed E-state index contributed by atoms with van der Waals surface area (Å²) >= 11 is 0. The van der Waals surface area contributed by atoms with E-state index in [2.05, 4.69) is 5.10 Å². The smallest absolute Gasteiger partial charge is 0.301 e. The Morgan fingerprint density at radius 1 is 1.39 bits per heavy atom. The number of aromatic nitrogens is 2. The van der Waals surface area contributed by atoms with E-state index in [0.29, 0.717) is 12.4 Å². The molecule has 1 heterocycles. The maximum atomic E-state index is 13.1. The Hall–Kier alpha value is -2.69. The zero-order valence-electron chi connectivity index (χ0n) is 12.3. The molecule has 0 N–H and O–H groups in total. The van der Waals surface area contributed by atoms with Crippen molar-refractivity contribution in [3.63, 3.8) is 0 Å². The first-order valence-electron chi connectivity index (χ1n) is 6.71. The van der Waals surface area contributed by atoms with Crippen LogP contribution >= 0.6 is 0 Å². The van der Waals surface area contributed by atoms with Crippen LogP contribution in [0.2, 0.25) is 0 Å². The summed E-state index contributed by atoms with van der Waals surface area (Å²) in [6.07, 6.45) is -4.25. The van der Waals surface area contributed by atoms with Gasteiger partial charge in [0, 0.05) is 5.39 Å². The van der Waals surface area contributed by atoms with Gasteiger partial charge in [0.1, 0.15) is 18.9 Å². The zero-order chi connectivity index (χ0) is 17.4. The number of halogens is 3. The molecule has 1 aromatic carbocycles. The van der Waals surface area contributed by atoms with Gasteiger partial charge in [-0.05, 0) is 18.1 Å². The van der Waals surface area contributed by atoms with Crippen molar-refractivity contribution in [2.45, 2.75) is 32.5 Å². The summed E-state index contributed by atoms with van der Waals surface area (Å²) in [5.74, 6) is -0.341. The van der Waals surface area contributed by atoms with Crippen LogP contribution in [0.1, 0.15) is 36.6 Å². The van der Waals surface area contributed by atoms with E-state index >= 15 is 0 Å². The van der Waals surface area contributed by atoms with Gasteiger partial charge in [-0.1, -0.05) is 13.8 Å². The minimum absolute atomic E-state index is 0.0601. The third-order valence-corrected chi connectivity index (χ3v) is 3.37. The molecule has 0 atom stereocenters. The molecule has 0 saturated heterocycles. The van der Waals surface area contributed by atoms with E-state index in [0.717, 1.165) is 10.7 Å². The molecule has 120 valence electrons. The second kappa shape index (κ2) is 5.83. The second-order valence-electron chi connectivity index (χ2n) is 5.21. The van der Waals surface area contributed by atoms with Crippen LogP contribution in [0.5, 0.6) is 0 Å². The number of rotatable bonds is 3. The van der Waals surface area contributed by atoms with Crippen molar-refractivity contribution in [2.24, 2.45) is 0 Å². The summed E-state index contributed by atoms with van der Waals surface area (Å²) in [5, 5.41) is 13.0. The Labute approximate surface area is 128 Å². The van der Waals surface area contributed by atoms with E-state index in [9.17, 15) is 28.0 Å². The molecule has 2 rings (SSSR count). The summed E-state index contributed by atoms with van der Waals surface area (Å²) < 4.78 is 40.2. The number of nitriles is 1. The number of hydrogen-bond acceptors (Lipinski definition) is 4. The van der Waals surface area contributed by atoms with Gasteiger partial charge in [0.05, 0.1) is 22.2 Å². The SMILES string of the molecule is CC(C)c1nn(CC=O)c(=O)c2ccc(C(F)(F)F)c(C#N)c12. The molecular weight excluding hydrogens is 311 g/mol. The third-order valence-electron chi connectivity index (χ3n) is 3.37. The molecule has 0 saturated carbocycles. The number of fused-ring (bicyclic) bond motifs is 1. The predicted molar refractivity (Wildman–Crippen MR) is 75.9 cm³/mol. The standard InChI is InChI=1S/C15H12F3N3O2/c1-8(2)13-12-9(14(23)21(20-13)5-6-22)3-4-11(10(12)7-19)15(16,17)18/h3-4,6,8H,5H2,1-2H3. The lowest BCUT2D eigenvalue weighted by atomic mass is 9.95. The lowest BCUT2D eigenvalue weighted by Gasteiger charge is -2.16. The highest BCUT2D eigenvalue weighted by Crippen LogP contribution is 2.36. The van der Waals surface area contributed by atoms with Gasteiger partial charge in [-0.15, -0.1) is 0 Å². The molecule has 23 heavy (non-hydrogen) atoms. The normalized spacial score (nSPS) is 11.7. The van der Waals surface area contributed by atoms with Gasteiger partial charge in [0.2, 0.25) is 0 Å². The monoisotopic (exact) mass is 323 g/mol. The topological polar surface area (TPSA) is 75.8 Å². The van der Waals surface area contributed by atoms with Gasteiger partial charge in [0.25, 0.3) is 5.56 Å². The summed E-state index contributed by atoms with van der Waals surface area (Å²) in [5.41, 5.74) is -2.27. The molecule has 0 unspecified atom stereocenters. The fraction of sp³-hybridized carbons (Fsp3) is 0.333. The molecule has 0 aliphatic heterocycles. The third kappa shape index (κ3) is 2.82. The number of aldehydes is 1. The van der Waals surface area contributed by atoms with Crippen LogP contribution in [-0.4, -0.2) is 16.1 Å². The van der Waals surface area contributed by atoms with E-state index in [-0.39, 0.29) is 28.9 Å². The number of carbonyl (C=O) groups excluding carboxylic acids is 1. The molecule has 2 aromatic rings. The minimum Gasteiger partial charge on any atom is -0.301 e. The lowest BCUT2D eigenvalue weighted by molar-refractivity contribution is -0.137. The lowest BCUT2D eigenvalue weighted by Crippen LogP contribution is -2.26. The maximum Gasteiger partial charge on any atom is 0.417 e. The van der Waals surface area contributed by atoms with Crippen LogP contribution in [0.15, 0.2) is 16.9 Å². The van der Waals surface area contributed by atoms with Crippen LogP contribution in [0.25, 0.3) is 10.8 Å². The number of carbonyl (C=O) groups is 1. The van der Waals surface area contributed by atoms with Crippen molar-refractivity contribution in [1.29, 1.82) is 5.26 Å². The van der Waals surface area contributed by atoms with Crippen molar-refractivity contribution in [1.82, 2.24) is 9.78 Å². The van der Waals surface area contributed by atoms with E-state index in [1.165, 1.54) is 0 Å². The van der Waals surface area contributed by atoms with Gasteiger partial charge in [-0.3, -0.25) is 4.79 Å². The fourth-order valence-electron chi connectivity index (χ4n) is 2.36. The summed E-state index contributed by atoms with van der Waals surface area (Å²) in [7, 11) is 0. The van der Waals surface area contributed by atoms with Crippen LogP contribution in [0.4, 0.5) is 13.2 Å².